The molecule has 0 fully saturated rings. The molecule has 1 aliphatic carbocycles. The van der Waals surface area contributed by atoms with Crippen LogP contribution in [-0.4, -0.2) is 22.2 Å². The molecule has 0 amide bonds. The van der Waals surface area contributed by atoms with E-state index in [9.17, 15) is 15.2 Å². The van der Waals surface area contributed by atoms with Gasteiger partial charge in [-0.05, 0) is 55.3 Å². The number of nitriles is 1. The van der Waals surface area contributed by atoms with Crippen molar-refractivity contribution < 1.29 is 14.6 Å². The number of phenolic OH excluding ortho intramolecular Hbond substituents is 1. The average Bonchev–Trinajstić information content (AvgIpc) is 3.14. The number of aromatic nitrogens is 1. The first-order valence-corrected chi connectivity index (χ1v) is 9.99. The number of carbonyl (C=O) groups excluding carboxylic acids is 1. The van der Waals surface area contributed by atoms with E-state index in [0.717, 1.165) is 28.2 Å². The van der Waals surface area contributed by atoms with Gasteiger partial charge in [-0.3, -0.25) is 0 Å². The summed E-state index contributed by atoms with van der Waals surface area (Å²) < 4.78 is 6.99. The second-order valence-corrected chi connectivity index (χ2v) is 7.42. The maximum Gasteiger partial charge on any atom is 0.338 e. The number of phenols is 1. The van der Waals surface area contributed by atoms with Gasteiger partial charge >= 0.3 is 5.97 Å². The molecule has 0 bridgehead atoms. The van der Waals surface area contributed by atoms with E-state index in [1.807, 2.05) is 29.0 Å². The summed E-state index contributed by atoms with van der Waals surface area (Å²) in [6.07, 6.45) is 6.72. The van der Waals surface area contributed by atoms with E-state index in [4.69, 9.17) is 16.3 Å². The number of ether oxygens (including phenoxy) is 1. The van der Waals surface area contributed by atoms with Crippen LogP contribution < -0.4 is 10.6 Å². The topological polar surface area (TPSA) is 75.2 Å². The average molecular weight is 419 g/mol. The fourth-order valence-electron chi connectivity index (χ4n) is 3.69. The monoisotopic (exact) mass is 418 g/mol. The second kappa shape index (κ2) is 8.10. The summed E-state index contributed by atoms with van der Waals surface area (Å²) in [7, 11) is 0. The van der Waals surface area contributed by atoms with Crippen molar-refractivity contribution in [3.63, 3.8) is 0 Å². The molecular weight excluding hydrogens is 400 g/mol. The van der Waals surface area contributed by atoms with Gasteiger partial charge in [-0.15, -0.1) is 0 Å². The highest BCUT2D eigenvalue weighted by Gasteiger charge is 2.17. The molecule has 0 radical (unpaired) electrons. The van der Waals surface area contributed by atoms with Crippen molar-refractivity contribution in [3.8, 4) is 17.5 Å². The van der Waals surface area contributed by atoms with E-state index in [1.165, 1.54) is 0 Å². The van der Waals surface area contributed by atoms with Crippen LogP contribution in [-0.2, 0) is 4.74 Å². The maximum absolute atomic E-state index is 11.9. The highest BCUT2D eigenvalue weighted by Crippen LogP contribution is 2.30. The van der Waals surface area contributed by atoms with Gasteiger partial charge in [0.25, 0.3) is 0 Å². The summed E-state index contributed by atoms with van der Waals surface area (Å²) in [6, 6.07) is 14.6. The number of esters is 1. The molecule has 4 rings (SSSR count). The molecule has 1 unspecified atom stereocenters. The molecule has 0 aliphatic heterocycles. The first-order chi connectivity index (χ1) is 14.5. The molecule has 1 N–H and O–H groups in total. The summed E-state index contributed by atoms with van der Waals surface area (Å²) in [5.74, 6) is -0.243. The quantitative estimate of drug-likeness (QED) is 0.656. The predicted molar refractivity (Wildman–Crippen MR) is 115 cm³/mol. The Labute approximate surface area is 178 Å². The van der Waals surface area contributed by atoms with Gasteiger partial charge in [0, 0.05) is 28.4 Å². The number of hydrogen-bond acceptors (Lipinski definition) is 4. The lowest BCUT2D eigenvalue weighted by molar-refractivity contribution is 0.0526. The Kier molecular flexibility index (Phi) is 5.35. The molecule has 30 heavy (non-hydrogen) atoms. The summed E-state index contributed by atoms with van der Waals surface area (Å²) in [4.78, 5) is 11.9. The molecule has 2 aromatic carbocycles. The minimum absolute atomic E-state index is 0.0519. The second-order valence-electron chi connectivity index (χ2n) is 7.01. The minimum Gasteiger partial charge on any atom is -0.506 e. The molecule has 6 heteroatoms. The standard InChI is InChI=1S/C24H19ClN2O3/c1-2-30-24(29)15-3-7-19(8-4-15)27-14-18(13-26)20-11-16(5-9-22(20)27)17-6-10-23(28)21(25)12-17/h3-4,6-12,14,16,28H,2,5H2,1H3. The summed E-state index contributed by atoms with van der Waals surface area (Å²) >= 11 is 6.07. The lowest BCUT2D eigenvalue weighted by Gasteiger charge is -2.15. The van der Waals surface area contributed by atoms with Crippen molar-refractivity contribution in [2.75, 3.05) is 6.61 Å². The fraction of sp³-hybridized carbons (Fsp3) is 0.167. The number of benzene rings is 2. The van der Waals surface area contributed by atoms with E-state index in [0.29, 0.717) is 22.8 Å². The maximum atomic E-state index is 11.9. The van der Waals surface area contributed by atoms with Crippen LogP contribution in [0.4, 0.5) is 0 Å². The van der Waals surface area contributed by atoms with E-state index in [-0.39, 0.29) is 17.6 Å². The van der Waals surface area contributed by atoms with Gasteiger partial charge in [0.05, 0.1) is 22.8 Å². The summed E-state index contributed by atoms with van der Waals surface area (Å²) in [5.41, 5.74) is 2.90. The number of nitrogens with zero attached hydrogens (tertiary/aromatic N) is 2. The molecule has 1 aromatic heterocycles. The van der Waals surface area contributed by atoms with Crippen molar-refractivity contribution in [2.45, 2.75) is 19.3 Å². The van der Waals surface area contributed by atoms with Gasteiger partial charge in [0.15, 0.2) is 0 Å². The van der Waals surface area contributed by atoms with Crippen LogP contribution >= 0.6 is 11.6 Å². The van der Waals surface area contributed by atoms with E-state index in [2.05, 4.69) is 18.2 Å². The zero-order valence-electron chi connectivity index (χ0n) is 16.3. The van der Waals surface area contributed by atoms with Crippen LogP contribution in [0.2, 0.25) is 5.02 Å². The van der Waals surface area contributed by atoms with Gasteiger partial charge in [0.1, 0.15) is 11.8 Å². The highest BCUT2D eigenvalue weighted by atomic mass is 35.5. The van der Waals surface area contributed by atoms with Gasteiger partial charge in [-0.1, -0.05) is 29.8 Å². The van der Waals surface area contributed by atoms with Gasteiger partial charge in [-0.2, -0.15) is 5.26 Å². The Morgan fingerprint density at radius 3 is 2.73 bits per heavy atom. The van der Waals surface area contributed by atoms with Gasteiger partial charge in [0.2, 0.25) is 0 Å². The first-order valence-electron chi connectivity index (χ1n) is 9.61. The first kappa shape index (κ1) is 19.8. The third kappa shape index (κ3) is 3.58. The molecule has 1 atom stereocenters. The summed E-state index contributed by atoms with van der Waals surface area (Å²) in [6.45, 7) is 2.10. The Morgan fingerprint density at radius 2 is 2.07 bits per heavy atom. The third-order valence-corrected chi connectivity index (χ3v) is 5.50. The van der Waals surface area contributed by atoms with Crippen molar-refractivity contribution in [1.29, 1.82) is 5.26 Å². The molecule has 0 saturated heterocycles. The van der Waals surface area contributed by atoms with Gasteiger partial charge < -0.3 is 14.4 Å². The Balaban J connectivity index is 1.75. The largest absolute Gasteiger partial charge is 0.506 e. The van der Waals surface area contributed by atoms with Crippen LogP contribution in [0.15, 0.2) is 48.7 Å². The number of carbonyl (C=O) groups is 1. The zero-order valence-corrected chi connectivity index (χ0v) is 17.1. The number of rotatable bonds is 4. The van der Waals surface area contributed by atoms with Crippen LogP contribution in [0.25, 0.3) is 17.8 Å². The highest BCUT2D eigenvalue weighted by molar-refractivity contribution is 6.32. The van der Waals surface area contributed by atoms with E-state index in [1.54, 1.807) is 31.2 Å². The van der Waals surface area contributed by atoms with Crippen LogP contribution in [0.3, 0.4) is 0 Å². The smallest absolute Gasteiger partial charge is 0.338 e. The Morgan fingerprint density at radius 1 is 1.30 bits per heavy atom. The fourth-order valence-corrected chi connectivity index (χ4v) is 3.88. The molecule has 1 aliphatic rings. The molecule has 3 aromatic rings. The molecule has 0 saturated carbocycles. The van der Waals surface area contributed by atoms with Crippen molar-refractivity contribution in [2.24, 2.45) is 0 Å². The van der Waals surface area contributed by atoms with Crippen molar-refractivity contribution >= 4 is 29.7 Å². The normalized spacial score (nSPS) is 14.8. The van der Waals surface area contributed by atoms with E-state index >= 15 is 0 Å². The molecule has 150 valence electrons. The van der Waals surface area contributed by atoms with Gasteiger partial charge in [-0.25, -0.2) is 4.79 Å². The van der Waals surface area contributed by atoms with Crippen LogP contribution in [0.1, 0.15) is 40.7 Å². The Bertz CT molecular complexity index is 1280. The van der Waals surface area contributed by atoms with Crippen molar-refractivity contribution in [3.05, 3.63) is 80.9 Å². The summed E-state index contributed by atoms with van der Waals surface area (Å²) in [5, 5.41) is 21.4. The number of aromatic hydroxyl groups is 1. The number of fused-ring (bicyclic) bond motifs is 1. The SMILES string of the molecule is CCOC(=O)c1ccc(-n2cc(C#N)c3c2=CCC(c2ccc(O)c(Cl)c2)C=3)cc1. The number of halogens is 1. The molecule has 1 heterocycles. The molecule has 0 spiro atoms. The molecule has 5 nitrogen and oxygen atoms in total. The number of hydrogen-bond donors (Lipinski definition) is 1. The third-order valence-electron chi connectivity index (χ3n) is 5.19. The molecular formula is C24H19ClN2O3. The Hall–Kier alpha value is -3.49. The van der Waals surface area contributed by atoms with Crippen LogP contribution in [0.5, 0.6) is 5.75 Å². The minimum atomic E-state index is -0.355. The lowest BCUT2D eigenvalue weighted by Crippen LogP contribution is -2.32. The van der Waals surface area contributed by atoms with E-state index < -0.39 is 0 Å². The zero-order chi connectivity index (χ0) is 21.3. The van der Waals surface area contributed by atoms with Crippen molar-refractivity contribution in [1.82, 2.24) is 4.57 Å². The predicted octanol–water partition coefficient (Wildman–Crippen LogP) is 3.63. The lowest BCUT2D eigenvalue weighted by atomic mass is 9.91. The van der Waals surface area contributed by atoms with Crippen LogP contribution in [0, 0.1) is 11.3 Å².